The Morgan fingerprint density at radius 2 is 1.88 bits per heavy atom. The van der Waals surface area contributed by atoms with Crippen molar-refractivity contribution in [1.82, 2.24) is 5.32 Å². The zero-order valence-electron chi connectivity index (χ0n) is 13.1. The molecule has 0 aromatic heterocycles. The van der Waals surface area contributed by atoms with Crippen LogP contribution in [0, 0.1) is 0 Å². The molecule has 0 bridgehead atoms. The van der Waals surface area contributed by atoms with Gasteiger partial charge >= 0.3 is 12.3 Å². The van der Waals surface area contributed by atoms with Gasteiger partial charge < -0.3 is 19.9 Å². The molecule has 0 saturated heterocycles. The second kappa shape index (κ2) is 8.00. The molecule has 134 valence electrons. The number of hydrogen-bond acceptors (Lipinski definition) is 4. The van der Waals surface area contributed by atoms with Crippen molar-refractivity contribution in [2.75, 3.05) is 13.7 Å². The van der Waals surface area contributed by atoms with Gasteiger partial charge in [-0.1, -0.05) is 18.2 Å². The lowest BCUT2D eigenvalue weighted by atomic mass is 10.0. The number of halogens is 3. The number of carbonyl (C=O) groups is 2. The van der Waals surface area contributed by atoms with E-state index in [1.54, 1.807) is 0 Å². The van der Waals surface area contributed by atoms with Gasteiger partial charge in [-0.15, -0.1) is 13.2 Å². The Hall–Kier alpha value is -2.29. The highest BCUT2D eigenvalue weighted by Crippen LogP contribution is 2.27. The van der Waals surface area contributed by atoms with Gasteiger partial charge in [-0.2, -0.15) is 0 Å². The van der Waals surface area contributed by atoms with E-state index in [9.17, 15) is 22.8 Å². The third-order valence-electron chi connectivity index (χ3n) is 3.14. The van der Waals surface area contributed by atoms with E-state index in [1.165, 1.54) is 32.2 Å². The van der Waals surface area contributed by atoms with Crippen LogP contribution in [0.15, 0.2) is 24.3 Å². The highest BCUT2D eigenvalue weighted by Gasteiger charge is 2.35. The van der Waals surface area contributed by atoms with Crippen LogP contribution in [0.3, 0.4) is 0 Å². The summed E-state index contributed by atoms with van der Waals surface area (Å²) in [5, 5.41) is 11.4. The van der Waals surface area contributed by atoms with E-state index in [1.807, 2.05) is 0 Å². The van der Waals surface area contributed by atoms with E-state index in [0.29, 0.717) is 0 Å². The molecular formula is C15H18F3NO5. The first-order valence-electron chi connectivity index (χ1n) is 6.94. The SMILES string of the molecule is COCC(C)(NC(=O)CCc1ccccc1OC(F)(F)F)C(=O)O. The zero-order chi connectivity index (χ0) is 18.4. The average molecular weight is 349 g/mol. The number of ether oxygens (including phenoxy) is 2. The van der Waals surface area contributed by atoms with Gasteiger partial charge in [-0.3, -0.25) is 4.79 Å². The topological polar surface area (TPSA) is 84.9 Å². The predicted octanol–water partition coefficient (Wildman–Crippen LogP) is 2.12. The van der Waals surface area contributed by atoms with Gasteiger partial charge in [0.15, 0.2) is 5.54 Å². The van der Waals surface area contributed by atoms with Gasteiger partial charge in [-0.25, -0.2) is 4.79 Å². The van der Waals surface area contributed by atoms with E-state index >= 15 is 0 Å². The van der Waals surface area contributed by atoms with E-state index in [4.69, 9.17) is 9.84 Å². The van der Waals surface area contributed by atoms with E-state index < -0.39 is 29.5 Å². The van der Waals surface area contributed by atoms with Crippen LogP contribution in [0.4, 0.5) is 13.2 Å². The van der Waals surface area contributed by atoms with E-state index in [-0.39, 0.29) is 25.0 Å². The van der Waals surface area contributed by atoms with Crippen LogP contribution in [-0.4, -0.2) is 42.6 Å². The van der Waals surface area contributed by atoms with Gasteiger partial charge in [0.2, 0.25) is 5.91 Å². The van der Waals surface area contributed by atoms with Crippen LogP contribution < -0.4 is 10.1 Å². The molecule has 0 heterocycles. The zero-order valence-corrected chi connectivity index (χ0v) is 13.1. The second-order valence-electron chi connectivity index (χ2n) is 5.27. The van der Waals surface area contributed by atoms with Crippen molar-refractivity contribution >= 4 is 11.9 Å². The first-order chi connectivity index (χ1) is 11.1. The van der Waals surface area contributed by atoms with Crippen LogP contribution >= 0.6 is 0 Å². The second-order valence-corrected chi connectivity index (χ2v) is 5.27. The maximum Gasteiger partial charge on any atom is 0.573 e. The van der Waals surface area contributed by atoms with Crippen molar-refractivity contribution in [3.8, 4) is 5.75 Å². The van der Waals surface area contributed by atoms with E-state index in [2.05, 4.69) is 10.1 Å². The summed E-state index contributed by atoms with van der Waals surface area (Å²) in [6, 6.07) is 5.44. The molecule has 0 aliphatic heterocycles. The molecule has 0 saturated carbocycles. The summed E-state index contributed by atoms with van der Waals surface area (Å²) in [7, 11) is 1.29. The highest BCUT2D eigenvalue weighted by atomic mass is 19.4. The van der Waals surface area contributed by atoms with Crippen molar-refractivity contribution in [1.29, 1.82) is 0 Å². The van der Waals surface area contributed by atoms with Crippen molar-refractivity contribution in [3.05, 3.63) is 29.8 Å². The van der Waals surface area contributed by atoms with Gasteiger partial charge in [0.1, 0.15) is 5.75 Å². The Labute approximate surface area is 136 Å². The standard InChI is InChI=1S/C15H18F3NO5/c1-14(9-23-2,13(21)22)19-12(20)8-7-10-5-3-4-6-11(10)24-15(16,17)18/h3-6H,7-9H2,1-2H3,(H,19,20)(H,21,22). The van der Waals surface area contributed by atoms with Gasteiger partial charge in [-0.05, 0) is 25.0 Å². The number of aryl methyl sites for hydroxylation is 1. The Kier molecular flexibility index (Phi) is 6.59. The normalized spacial score (nSPS) is 13.9. The number of amides is 1. The first kappa shape index (κ1) is 19.8. The average Bonchev–Trinajstić information content (AvgIpc) is 2.44. The van der Waals surface area contributed by atoms with Gasteiger partial charge in [0, 0.05) is 13.5 Å². The first-order valence-corrected chi connectivity index (χ1v) is 6.94. The quantitative estimate of drug-likeness (QED) is 0.751. The van der Waals surface area contributed by atoms with Crippen LogP contribution in [-0.2, 0) is 20.7 Å². The number of para-hydroxylation sites is 1. The number of benzene rings is 1. The number of rotatable bonds is 8. The number of carbonyl (C=O) groups excluding carboxylic acids is 1. The van der Waals surface area contributed by atoms with Crippen LogP contribution in [0.5, 0.6) is 5.75 Å². The molecule has 1 rings (SSSR count). The highest BCUT2D eigenvalue weighted by molar-refractivity contribution is 5.86. The Morgan fingerprint density at radius 3 is 2.42 bits per heavy atom. The Balaban J connectivity index is 2.73. The maximum atomic E-state index is 12.3. The lowest BCUT2D eigenvalue weighted by Gasteiger charge is -2.25. The number of carboxylic acid groups (broad SMARTS) is 1. The molecule has 1 aromatic rings. The fourth-order valence-corrected chi connectivity index (χ4v) is 1.99. The minimum Gasteiger partial charge on any atom is -0.479 e. The fourth-order valence-electron chi connectivity index (χ4n) is 1.99. The number of hydrogen-bond donors (Lipinski definition) is 2. The molecule has 24 heavy (non-hydrogen) atoms. The molecule has 9 heteroatoms. The predicted molar refractivity (Wildman–Crippen MR) is 77.5 cm³/mol. The van der Waals surface area contributed by atoms with Crippen LogP contribution in [0.25, 0.3) is 0 Å². The van der Waals surface area contributed by atoms with Crippen molar-refractivity contribution in [2.24, 2.45) is 0 Å². The number of alkyl halides is 3. The molecule has 1 atom stereocenters. The lowest BCUT2D eigenvalue weighted by molar-refractivity contribution is -0.274. The minimum absolute atomic E-state index is 0.0409. The summed E-state index contributed by atoms with van der Waals surface area (Å²) >= 11 is 0. The van der Waals surface area contributed by atoms with Crippen molar-refractivity contribution < 1.29 is 37.3 Å². The Bertz CT molecular complexity index is 591. The molecule has 1 aromatic carbocycles. The molecule has 0 fully saturated rings. The smallest absolute Gasteiger partial charge is 0.479 e. The summed E-state index contributed by atoms with van der Waals surface area (Å²) in [5.74, 6) is -2.30. The molecule has 0 aliphatic carbocycles. The van der Waals surface area contributed by atoms with Crippen molar-refractivity contribution in [2.45, 2.75) is 31.7 Å². The number of nitrogens with one attached hydrogen (secondary N) is 1. The molecule has 6 nitrogen and oxygen atoms in total. The Morgan fingerprint density at radius 1 is 1.25 bits per heavy atom. The minimum atomic E-state index is -4.83. The largest absolute Gasteiger partial charge is 0.573 e. The summed E-state index contributed by atoms with van der Waals surface area (Å²) in [6.45, 7) is 1.03. The lowest BCUT2D eigenvalue weighted by Crippen LogP contribution is -2.55. The molecule has 0 aliphatic rings. The summed E-state index contributed by atoms with van der Waals surface area (Å²) in [4.78, 5) is 23.1. The number of methoxy groups -OCH3 is 1. The van der Waals surface area contributed by atoms with Crippen LogP contribution in [0.2, 0.25) is 0 Å². The number of aliphatic carboxylic acids is 1. The van der Waals surface area contributed by atoms with Gasteiger partial charge in [0.25, 0.3) is 0 Å². The monoisotopic (exact) mass is 349 g/mol. The summed E-state index contributed by atoms with van der Waals surface area (Å²) < 4.78 is 45.7. The van der Waals surface area contributed by atoms with Gasteiger partial charge in [0.05, 0.1) is 6.61 Å². The maximum absolute atomic E-state index is 12.3. The molecular weight excluding hydrogens is 331 g/mol. The van der Waals surface area contributed by atoms with Crippen LogP contribution in [0.1, 0.15) is 18.9 Å². The molecule has 1 unspecified atom stereocenters. The third-order valence-corrected chi connectivity index (χ3v) is 3.14. The summed E-state index contributed by atoms with van der Waals surface area (Å²) in [5.41, 5.74) is -1.43. The third kappa shape index (κ3) is 6.07. The fraction of sp³-hybridized carbons (Fsp3) is 0.467. The summed E-state index contributed by atoms with van der Waals surface area (Å²) in [6.07, 6.45) is -5.08. The molecule has 1 amide bonds. The number of carboxylic acids is 1. The molecule has 0 spiro atoms. The molecule has 2 N–H and O–H groups in total. The van der Waals surface area contributed by atoms with Crippen molar-refractivity contribution in [3.63, 3.8) is 0 Å². The molecule has 0 radical (unpaired) electrons. The van der Waals surface area contributed by atoms with E-state index in [0.717, 1.165) is 6.07 Å².